The monoisotopic (exact) mass is 112 g/mol. The second kappa shape index (κ2) is 2.06. The molecule has 0 amide bonds. The average molecular weight is 112 g/mol. The first-order chi connectivity index (χ1) is 3.75. The third-order valence-electron chi connectivity index (χ3n) is 1.89. The summed E-state index contributed by atoms with van der Waals surface area (Å²) in [5.41, 5.74) is 0. The number of rotatable bonds is 2. The van der Waals surface area contributed by atoms with Gasteiger partial charge in [-0.3, -0.25) is 4.90 Å². The summed E-state index contributed by atoms with van der Waals surface area (Å²) in [5.74, 6) is 0. The van der Waals surface area contributed by atoms with Gasteiger partial charge in [-0.1, -0.05) is 6.92 Å². The summed E-state index contributed by atoms with van der Waals surface area (Å²) in [7, 11) is 0. The molecule has 0 aromatic rings. The van der Waals surface area contributed by atoms with Crippen LogP contribution in [0.2, 0.25) is 0 Å². The molecule has 0 aromatic carbocycles. The zero-order valence-corrected chi connectivity index (χ0v) is 5.72. The second-order valence-corrected chi connectivity index (χ2v) is 2.68. The summed E-state index contributed by atoms with van der Waals surface area (Å²) in [5, 5.41) is 0. The Morgan fingerprint density at radius 1 is 1.88 bits per heavy atom. The molecule has 1 aliphatic heterocycles. The molecule has 0 spiro atoms. The third kappa shape index (κ3) is 1.03. The van der Waals surface area contributed by atoms with E-state index >= 15 is 0 Å². The van der Waals surface area contributed by atoms with Gasteiger partial charge in [0, 0.05) is 18.6 Å². The Labute approximate surface area is 51.7 Å². The highest BCUT2D eigenvalue weighted by Crippen LogP contribution is 2.21. The predicted molar refractivity (Wildman–Crippen MR) is 35.6 cm³/mol. The van der Waals surface area contributed by atoms with Crippen molar-refractivity contribution < 1.29 is 0 Å². The van der Waals surface area contributed by atoms with Crippen LogP contribution in [-0.4, -0.2) is 23.5 Å². The van der Waals surface area contributed by atoms with E-state index in [1.807, 2.05) is 0 Å². The molecule has 1 heterocycles. The van der Waals surface area contributed by atoms with Crippen molar-refractivity contribution in [2.75, 3.05) is 6.54 Å². The first-order valence-corrected chi connectivity index (χ1v) is 3.30. The van der Waals surface area contributed by atoms with E-state index in [4.69, 9.17) is 0 Å². The van der Waals surface area contributed by atoms with Gasteiger partial charge in [0.15, 0.2) is 0 Å². The molecule has 0 N–H and O–H groups in total. The summed E-state index contributed by atoms with van der Waals surface area (Å²) >= 11 is 0. The lowest BCUT2D eigenvalue weighted by Gasteiger charge is -2.08. The standard InChI is InChI=1S/C7H14N/c1-4-6(2)8-5-7(8)3/h6-7H,1,4-5H2,2-3H3. The maximum atomic E-state index is 3.84. The van der Waals surface area contributed by atoms with Crippen LogP contribution in [0.4, 0.5) is 0 Å². The van der Waals surface area contributed by atoms with Crippen molar-refractivity contribution in [1.29, 1.82) is 0 Å². The van der Waals surface area contributed by atoms with E-state index in [0.717, 1.165) is 12.5 Å². The zero-order chi connectivity index (χ0) is 6.15. The molecule has 3 unspecified atom stereocenters. The summed E-state index contributed by atoms with van der Waals surface area (Å²) in [6.45, 7) is 9.62. The minimum atomic E-state index is 0.713. The van der Waals surface area contributed by atoms with E-state index in [-0.39, 0.29) is 0 Å². The lowest BCUT2D eigenvalue weighted by atomic mass is 10.3. The van der Waals surface area contributed by atoms with Crippen LogP contribution >= 0.6 is 0 Å². The molecule has 0 aromatic heterocycles. The summed E-state index contributed by atoms with van der Waals surface area (Å²) in [4.78, 5) is 2.45. The lowest BCUT2D eigenvalue weighted by Crippen LogP contribution is -2.13. The highest BCUT2D eigenvalue weighted by atomic mass is 15.3. The molecule has 1 aliphatic rings. The summed E-state index contributed by atoms with van der Waals surface area (Å²) in [6.07, 6.45) is 1.05. The Hall–Kier alpha value is -0.0400. The van der Waals surface area contributed by atoms with Gasteiger partial charge in [-0.25, -0.2) is 0 Å². The molecular formula is C7H14N. The Morgan fingerprint density at radius 2 is 2.38 bits per heavy atom. The quantitative estimate of drug-likeness (QED) is 0.487. The molecule has 1 saturated heterocycles. The Kier molecular flexibility index (Phi) is 1.57. The smallest absolute Gasteiger partial charge is 0.0198 e. The van der Waals surface area contributed by atoms with Crippen molar-refractivity contribution in [1.82, 2.24) is 4.90 Å². The van der Waals surface area contributed by atoms with Crippen LogP contribution < -0.4 is 0 Å². The maximum Gasteiger partial charge on any atom is 0.0198 e. The van der Waals surface area contributed by atoms with Gasteiger partial charge in [-0.05, 0) is 20.3 Å². The van der Waals surface area contributed by atoms with E-state index in [0.29, 0.717) is 6.04 Å². The molecule has 8 heavy (non-hydrogen) atoms. The van der Waals surface area contributed by atoms with E-state index in [2.05, 4.69) is 25.7 Å². The molecule has 1 fully saturated rings. The van der Waals surface area contributed by atoms with Crippen LogP contribution in [0.5, 0.6) is 0 Å². The van der Waals surface area contributed by atoms with Crippen molar-refractivity contribution in [3.8, 4) is 0 Å². The maximum absolute atomic E-state index is 3.84. The summed E-state index contributed by atoms with van der Waals surface area (Å²) in [6, 6.07) is 1.55. The molecular weight excluding hydrogens is 98.1 g/mol. The third-order valence-corrected chi connectivity index (χ3v) is 1.89. The number of hydrogen-bond donors (Lipinski definition) is 0. The minimum Gasteiger partial charge on any atom is -0.295 e. The van der Waals surface area contributed by atoms with Gasteiger partial charge in [0.05, 0.1) is 0 Å². The van der Waals surface area contributed by atoms with Gasteiger partial charge >= 0.3 is 0 Å². The van der Waals surface area contributed by atoms with Gasteiger partial charge in [0.2, 0.25) is 0 Å². The van der Waals surface area contributed by atoms with Gasteiger partial charge < -0.3 is 0 Å². The minimum absolute atomic E-state index is 0.713. The highest BCUT2D eigenvalue weighted by molar-refractivity contribution is 4.88. The largest absolute Gasteiger partial charge is 0.295 e. The van der Waals surface area contributed by atoms with E-state index in [1.54, 1.807) is 0 Å². The molecule has 0 saturated carbocycles. The molecule has 1 rings (SSSR count). The van der Waals surface area contributed by atoms with Crippen molar-refractivity contribution >= 4 is 0 Å². The topological polar surface area (TPSA) is 3.01 Å². The van der Waals surface area contributed by atoms with Gasteiger partial charge in [0.1, 0.15) is 0 Å². The molecule has 3 atom stereocenters. The fourth-order valence-electron chi connectivity index (χ4n) is 1.04. The van der Waals surface area contributed by atoms with Crippen LogP contribution in [0.25, 0.3) is 0 Å². The van der Waals surface area contributed by atoms with E-state index < -0.39 is 0 Å². The van der Waals surface area contributed by atoms with Crippen molar-refractivity contribution in [3.63, 3.8) is 0 Å². The Morgan fingerprint density at radius 3 is 2.50 bits per heavy atom. The second-order valence-electron chi connectivity index (χ2n) is 2.68. The van der Waals surface area contributed by atoms with Crippen LogP contribution in [-0.2, 0) is 0 Å². The van der Waals surface area contributed by atoms with Crippen molar-refractivity contribution in [3.05, 3.63) is 6.92 Å². The van der Waals surface area contributed by atoms with E-state index in [1.165, 1.54) is 6.54 Å². The first kappa shape index (κ1) is 6.09. The molecule has 47 valence electrons. The molecule has 0 aliphatic carbocycles. The van der Waals surface area contributed by atoms with Gasteiger partial charge in [-0.15, -0.1) is 0 Å². The van der Waals surface area contributed by atoms with Gasteiger partial charge in [-0.2, -0.15) is 0 Å². The fourth-order valence-corrected chi connectivity index (χ4v) is 1.04. The highest BCUT2D eigenvalue weighted by Gasteiger charge is 2.31. The lowest BCUT2D eigenvalue weighted by molar-refractivity contribution is 0.403. The summed E-state index contributed by atoms with van der Waals surface area (Å²) < 4.78 is 0. The van der Waals surface area contributed by atoms with Crippen LogP contribution in [0, 0.1) is 6.92 Å². The average Bonchev–Trinajstić information content (AvgIpc) is 2.45. The van der Waals surface area contributed by atoms with E-state index in [9.17, 15) is 0 Å². The predicted octanol–water partition coefficient (Wildman–Crippen LogP) is 1.30. The van der Waals surface area contributed by atoms with Crippen LogP contribution in [0.15, 0.2) is 0 Å². The van der Waals surface area contributed by atoms with Crippen molar-refractivity contribution in [2.45, 2.75) is 32.4 Å². The molecule has 1 heteroatoms. The molecule has 1 radical (unpaired) electrons. The molecule has 0 bridgehead atoms. The van der Waals surface area contributed by atoms with Crippen molar-refractivity contribution in [2.24, 2.45) is 0 Å². The molecule has 1 nitrogen and oxygen atoms in total. The number of hydrogen-bond acceptors (Lipinski definition) is 1. The van der Waals surface area contributed by atoms with Gasteiger partial charge in [0.25, 0.3) is 0 Å². The first-order valence-electron chi connectivity index (χ1n) is 3.30. The van der Waals surface area contributed by atoms with Crippen LogP contribution in [0.1, 0.15) is 20.3 Å². The normalized spacial score (nSPS) is 39.4. The fraction of sp³-hybridized carbons (Fsp3) is 0.857. The Balaban J connectivity index is 2.18. The SMILES string of the molecule is [CH2]CC(C)N1CC1C. The Bertz CT molecular complexity index is 78.5. The zero-order valence-electron chi connectivity index (χ0n) is 5.72. The van der Waals surface area contributed by atoms with Crippen LogP contribution in [0.3, 0.4) is 0 Å². The number of nitrogens with zero attached hydrogens (tertiary/aromatic N) is 1.